The number of para-hydroxylation sites is 1. The van der Waals surface area contributed by atoms with E-state index in [1.54, 1.807) is 0 Å². The molecule has 0 fully saturated rings. The van der Waals surface area contributed by atoms with Gasteiger partial charge < -0.3 is 4.90 Å². The highest BCUT2D eigenvalue weighted by Gasteiger charge is 2.47. The van der Waals surface area contributed by atoms with Crippen molar-refractivity contribution in [3.8, 4) is 11.1 Å². The fourth-order valence-corrected chi connectivity index (χ4v) is 11.4. The highest BCUT2D eigenvalue weighted by atomic mass is 32.1. The van der Waals surface area contributed by atoms with Gasteiger partial charge in [-0.1, -0.05) is 146 Å². The van der Waals surface area contributed by atoms with Crippen LogP contribution >= 0.6 is 22.7 Å². The smallest absolute Gasteiger partial charge is 0.0714 e. The Morgan fingerprint density at radius 1 is 0.385 bits per heavy atom. The van der Waals surface area contributed by atoms with Crippen LogP contribution in [0.3, 0.4) is 0 Å². The van der Waals surface area contributed by atoms with Gasteiger partial charge >= 0.3 is 0 Å². The first-order valence-corrected chi connectivity index (χ1v) is 19.4. The molecular weight excluding hydrogens is 667 g/mol. The summed E-state index contributed by atoms with van der Waals surface area (Å²) < 4.78 is 5.32. The molecule has 1 aliphatic rings. The van der Waals surface area contributed by atoms with Crippen molar-refractivity contribution in [1.29, 1.82) is 0 Å². The van der Waals surface area contributed by atoms with E-state index in [2.05, 4.69) is 193 Å². The average Bonchev–Trinajstić information content (AvgIpc) is 3.88. The molecule has 3 heteroatoms. The molecule has 52 heavy (non-hydrogen) atoms. The Balaban J connectivity index is 1.27. The largest absolute Gasteiger partial charge is 0.309 e. The van der Waals surface area contributed by atoms with Gasteiger partial charge in [-0.05, 0) is 70.3 Å². The van der Waals surface area contributed by atoms with Gasteiger partial charge in [0.1, 0.15) is 0 Å². The Kier molecular flexibility index (Phi) is 6.57. The molecule has 0 atom stereocenters. The Labute approximate surface area is 310 Å². The maximum Gasteiger partial charge on any atom is 0.0714 e. The lowest BCUT2D eigenvalue weighted by molar-refractivity contribution is 0.768. The van der Waals surface area contributed by atoms with Gasteiger partial charge in [0.2, 0.25) is 0 Å². The van der Waals surface area contributed by atoms with E-state index in [1.807, 2.05) is 22.7 Å². The number of nitrogens with zero attached hydrogens (tertiary/aromatic N) is 1. The lowest BCUT2D eigenvalue weighted by Crippen LogP contribution is -2.28. The SMILES string of the molecule is c1ccc(N(c2cccc3c2-c2ccccc2C3(c2ccccc2)c2ccccc2)c2cccc3sc4ccc5c6ccccc6sc5c4c23)cc1. The summed E-state index contributed by atoms with van der Waals surface area (Å²) in [7, 11) is 0. The molecule has 0 saturated carbocycles. The second-order valence-corrected chi connectivity index (χ2v) is 15.7. The van der Waals surface area contributed by atoms with Crippen molar-refractivity contribution < 1.29 is 0 Å². The molecule has 244 valence electrons. The summed E-state index contributed by atoms with van der Waals surface area (Å²) in [6, 6.07) is 69.5. The number of hydrogen-bond donors (Lipinski definition) is 0. The number of benzene rings is 8. The zero-order valence-electron chi connectivity index (χ0n) is 28.2. The van der Waals surface area contributed by atoms with Gasteiger partial charge in [-0.3, -0.25) is 0 Å². The van der Waals surface area contributed by atoms with Gasteiger partial charge in [0.05, 0.1) is 16.8 Å². The zero-order chi connectivity index (χ0) is 34.2. The van der Waals surface area contributed by atoms with Gasteiger partial charge in [-0.15, -0.1) is 22.7 Å². The van der Waals surface area contributed by atoms with E-state index in [-0.39, 0.29) is 0 Å². The van der Waals surface area contributed by atoms with E-state index in [0.29, 0.717) is 0 Å². The van der Waals surface area contributed by atoms with Gasteiger partial charge in [0.15, 0.2) is 0 Å². The van der Waals surface area contributed by atoms with Crippen LogP contribution < -0.4 is 4.90 Å². The number of rotatable bonds is 5. The lowest BCUT2D eigenvalue weighted by atomic mass is 9.68. The van der Waals surface area contributed by atoms with Crippen LogP contribution in [0.4, 0.5) is 17.1 Å². The molecule has 0 unspecified atom stereocenters. The summed E-state index contributed by atoms with van der Waals surface area (Å²) in [5.41, 5.74) is 10.8. The van der Waals surface area contributed by atoms with Crippen molar-refractivity contribution in [3.05, 3.63) is 210 Å². The normalized spacial score (nSPS) is 13.2. The third-order valence-corrected chi connectivity index (χ3v) is 13.3. The van der Waals surface area contributed by atoms with E-state index in [1.165, 1.54) is 85.1 Å². The summed E-state index contributed by atoms with van der Waals surface area (Å²) in [6.45, 7) is 0. The van der Waals surface area contributed by atoms with Crippen LogP contribution in [0, 0.1) is 0 Å². The highest BCUT2D eigenvalue weighted by molar-refractivity contribution is 7.29. The van der Waals surface area contributed by atoms with E-state index in [4.69, 9.17) is 0 Å². The molecule has 0 aliphatic heterocycles. The molecule has 8 aromatic carbocycles. The maximum absolute atomic E-state index is 2.53. The quantitative estimate of drug-likeness (QED) is 0.173. The van der Waals surface area contributed by atoms with E-state index in [0.717, 1.165) is 5.69 Å². The molecule has 1 aliphatic carbocycles. The fraction of sp³-hybridized carbons (Fsp3) is 0.0204. The Hall–Kier alpha value is -6.00. The van der Waals surface area contributed by atoms with E-state index >= 15 is 0 Å². The summed E-state index contributed by atoms with van der Waals surface area (Å²) in [5.74, 6) is 0. The van der Waals surface area contributed by atoms with Crippen molar-refractivity contribution in [3.63, 3.8) is 0 Å². The summed E-state index contributed by atoms with van der Waals surface area (Å²) in [6.07, 6.45) is 0. The van der Waals surface area contributed by atoms with Crippen molar-refractivity contribution in [2.45, 2.75) is 5.41 Å². The van der Waals surface area contributed by atoms with Gasteiger partial charge in [0.25, 0.3) is 0 Å². The van der Waals surface area contributed by atoms with Crippen LogP contribution in [0.2, 0.25) is 0 Å². The second kappa shape index (κ2) is 11.5. The van der Waals surface area contributed by atoms with Crippen LogP contribution in [0.1, 0.15) is 22.3 Å². The summed E-state index contributed by atoms with van der Waals surface area (Å²) in [4.78, 5) is 2.53. The minimum absolute atomic E-state index is 0.475. The number of thiophene rings is 2. The highest BCUT2D eigenvalue weighted by Crippen LogP contribution is 2.60. The van der Waals surface area contributed by atoms with Crippen LogP contribution in [-0.4, -0.2) is 0 Å². The molecule has 2 heterocycles. The topological polar surface area (TPSA) is 3.24 Å². The standard InChI is InChI=1S/C49H31NS2/c1-4-16-32(17-5-1)49(33-18-6-2-7-19-33)38-24-12-10-23-37(38)45-39(49)25-14-26-40(45)50(34-20-8-3-9-21-34)41-27-15-29-43-46(41)47-44(51-43)31-30-36-35-22-11-13-28-42(35)52-48(36)47/h1-31H. The molecule has 1 nitrogen and oxygen atoms in total. The van der Waals surface area contributed by atoms with Gasteiger partial charge in [0, 0.05) is 51.6 Å². The van der Waals surface area contributed by atoms with E-state index in [9.17, 15) is 0 Å². The van der Waals surface area contributed by atoms with Crippen LogP contribution in [0.15, 0.2) is 188 Å². The van der Waals surface area contributed by atoms with Crippen molar-refractivity contribution in [2.24, 2.45) is 0 Å². The fourth-order valence-electron chi connectivity index (χ4n) is 8.90. The van der Waals surface area contributed by atoms with Crippen LogP contribution in [0.5, 0.6) is 0 Å². The predicted octanol–water partition coefficient (Wildman–Crippen LogP) is 14.3. The molecule has 0 amide bonds. The number of fused-ring (bicyclic) bond motifs is 10. The third kappa shape index (κ3) is 4.09. The van der Waals surface area contributed by atoms with Gasteiger partial charge in [-0.2, -0.15) is 0 Å². The molecule has 0 radical (unpaired) electrons. The summed E-state index contributed by atoms with van der Waals surface area (Å²) >= 11 is 3.81. The Morgan fingerprint density at radius 3 is 1.77 bits per heavy atom. The number of anilines is 3. The van der Waals surface area contributed by atoms with Crippen molar-refractivity contribution >= 4 is 80.1 Å². The zero-order valence-corrected chi connectivity index (χ0v) is 29.8. The van der Waals surface area contributed by atoms with Crippen molar-refractivity contribution in [1.82, 2.24) is 0 Å². The van der Waals surface area contributed by atoms with E-state index < -0.39 is 5.41 Å². The molecule has 11 rings (SSSR count). The van der Waals surface area contributed by atoms with Crippen LogP contribution in [-0.2, 0) is 5.41 Å². The first kappa shape index (κ1) is 29.7. The first-order chi connectivity index (χ1) is 25.8. The third-order valence-electron chi connectivity index (χ3n) is 10.9. The first-order valence-electron chi connectivity index (χ1n) is 17.8. The van der Waals surface area contributed by atoms with Crippen LogP contribution in [0.25, 0.3) is 51.5 Å². The minimum atomic E-state index is -0.475. The lowest BCUT2D eigenvalue weighted by Gasteiger charge is -2.34. The molecule has 0 saturated heterocycles. The molecular formula is C49H31NS2. The molecule has 0 bridgehead atoms. The number of hydrogen-bond acceptors (Lipinski definition) is 3. The minimum Gasteiger partial charge on any atom is -0.309 e. The summed E-state index contributed by atoms with van der Waals surface area (Å²) in [5, 5.41) is 5.33. The van der Waals surface area contributed by atoms with Gasteiger partial charge in [-0.25, -0.2) is 0 Å². The Bertz CT molecular complexity index is 2920. The average molecular weight is 698 g/mol. The molecule has 0 spiro atoms. The second-order valence-electron chi connectivity index (χ2n) is 13.6. The predicted molar refractivity (Wildman–Crippen MR) is 224 cm³/mol. The molecule has 0 N–H and O–H groups in total. The molecule has 2 aromatic heterocycles. The Morgan fingerprint density at radius 2 is 0.981 bits per heavy atom. The maximum atomic E-state index is 2.53. The van der Waals surface area contributed by atoms with Crippen molar-refractivity contribution in [2.75, 3.05) is 4.90 Å². The monoisotopic (exact) mass is 697 g/mol. The molecule has 10 aromatic rings.